The van der Waals surface area contributed by atoms with Crippen LogP contribution >= 0.6 is 11.3 Å². The van der Waals surface area contributed by atoms with Crippen molar-refractivity contribution in [2.75, 3.05) is 26.2 Å². The molecule has 0 saturated carbocycles. The molecule has 1 aromatic heterocycles. The molecule has 1 fully saturated rings. The van der Waals surface area contributed by atoms with Crippen molar-refractivity contribution in [3.63, 3.8) is 0 Å². The van der Waals surface area contributed by atoms with Crippen molar-refractivity contribution in [3.05, 3.63) is 21.9 Å². The van der Waals surface area contributed by atoms with E-state index in [1.54, 1.807) is 0 Å². The van der Waals surface area contributed by atoms with E-state index in [9.17, 15) is 4.79 Å². The maximum atomic E-state index is 11.0. The van der Waals surface area contributed by atoms with Gasteiger partial charge in [-0.15, -0.1) is 11.3 Å². The summed E-state index contributed by atoms with van der Waals surface area (Å²) in [6.45, 7) is 7.32. The molecule has 18 heavy (non-hydrogen) atoms. The molecule has 2 N–H and O–H groups in total. The Kier molecular flexibility index (Phi) is 4.74. The second-order valence-corrected chi connectivity index (χ2v) is 5.68. The highest BCUT2D eigenvalue weighted by Crippen LogP contribution is 2.18. The SMILES string of the molecule is CCN1CCC(CNCc2ccsc2C(=O)O)C1. The van der Waals surface area contributed by atoms with Gasteiger partial charge in [-0.2, -0.15) is 0 Å². The van der Waals surface area contributed by atoms with Crippen LogP contribution < -0.4 is 5.32 Å². The number of carbonyl (C=O) groups is 1. The highest BCUT2D eigenvalue weighted by molar-refractivity contribution is 7.12. The maximum Gasteiger partial charge on any atom is 0.346 e. The van der Waals surface area contributed by atoms with Crippen molar-refractivity contribution in [3.8, 4) is 0 Å². The highest BCUT2D eigenvalue weighted by atomic mass is 32.1. The first-order valence-corrected chi connectivity index (χ1v) is 7.31. The first kappa shape index (κ1) is 13.5. The van der Waals surface area contributed by atoms with Gasteiger partial charge in [0.1, 0.15) is 4.88 Å². The lowest BCUT2D eigenvalue weighted by Gasteiger charge is -2.13. The fourth-order valence-electron chi connectivity index (χ4n) is 2.44. The quantitative estimate of drug-likeness (QED) is 0.827. The van der Waals surface area contributed by atoms with Gasteiger partial charge in [-0.25, -0.2) is 4.79 Å². The van der Waals surface area contributed by atoms with Crippen molar-refractivity contribution in [2.45, 2.75) is 19.9 Å². The number of aromatic carboxylic acids is 1. The van der Waals surface area contributed by atoms with Crippen molar-refractivity contribution < 1.29 is 9.90 Å². The Balaban J connectivity index is 1.75. The number of hydrogen-bond donors (Lipinski definition) is 2. The van der Waals surface area contributed by atoms with Gasteiger partial charge >= 0.3 is 5.97 Å². The summed E-state index contributed by atoms with van der Waals surface area (Å²) in [5, 5.41) is 14.2. The predicted molar refractivity (Wildman–Crippen MR) is 73.2 cm³/mol. The normalized spacial score (nSPS) is 20.4. The Morgan fingerprint density at radius 3 is 3.17 bits per heavy atom. The summed E-state index contributed by atoms with van der Waals surface area (Å²) in [5.74, 6) is -0.114. The molecule has 0 bridgehead atoms. The van der Waals surface area contributed by atoms with Gasteiger partial charge in [0.2, 0.25) is 0 Å². The first-order valence-electron chi connectivity index (χ1n) is 6.43. The molecule has 100 valence electrons. The fraction of sp³-hybridized carbons (Fsp3) is 0.615. The number of nitrogens with zero attached hydrogens (tertiary/aromatic N) is 1. The standard InChI is InChI=1S/C13H20N2O2S/c1-2-15-5-3-10(9-15)7-14-8-11-4-6-18-12(11)13(16)17/h4,6,10,14H,2-3,5,7-9H2,1H3,(H,16,17). The van der Waals surface area contributed by atoms with Crippen LogP contribution in [0.15, 0.2) is 11.4 Å². The molecule has 1 unspecified atom stereocenters. The average molecular weight is 268 g/mol. The van der Waals surface area contributed by atoms with Gasteiger partial charge in [-0.3, -0.25) is 0 Å². The molecule has 1 aliphatic rings. The van der Waals surface area contributed by atoms with E-state index < -0.39 is 5.97 Å². The van der Waals surface area contributed by atoms with Crippen LogP contribution in [-0.2, 0) is 6.54 Å². The van der Waals surface area contributed by atoms with E-state index in [1.165, 1.54) is 30.8 Å². The molecular formula is C13H20N2O2S. The van der Waals surface area contributed by atoms with Crippen LogP contribution in [0.3, 0.4) is 0 Å². The molecule has 1 aromatic rings. The van der Waals surface area contributed by atoms with Crippen LogP contribution in [-0.4, -0.2) is 42.2 Å². The summed E-state index contributed by atoms with van der Waals surface area (Å²) in [7, 11) is 0. The van der Waals surface area contributed by atoms with E-state index in [0.717, 1.165) is 18.7 Å². The van der Waals surface area contributed by atoms with E-state index in [2.05, 4.69) is 17.1 Å². The van der Waals surface area contributed by atoms with E-state index >= 15 is 0 Å². The van der Waals surface area contributed by atoms with Gasteiger partial charge in [0, 0.05) is 13.1 Å². The summed E-state index contributed by atoms with van der Waals surface area (Å²) in [6, 6.07) is 1.90. The van der Waals surface area contributed by atoms with E-state index in [4.69, 9.17) is 5.11 Å². The number of rotatable bonds is 6. The summed E-state index contributed by atoms with van der Waals surface area (Å²) < 4.78 is 0. The summed E-state index contributed by atoms with van der Waals surface area (Å²) in [4.78, 5) is 13.9. The third kappa shape index (κ3) is 3.31. The van der Waals surface area contributed by atoms with E-state index in [0.29, 0.717) is 17.3 Å². The molecule has 1 aliphatic heterocycles. The number of likely N-dealkylation sites (tertiary alicyclic amines) is 1. The molecule has 1 saturated heterocycles. The number of hydrogen-bond acceptors (Lipinski definition) is 4. The van der Waals surface area contributed by atoms with Gasteiger partial charge in [0.15, 0.2) is 0 Å². The van der Waals surface area contributed by atoms with Crippen LogP contribution in [0.25, 0.3) is 0 Å². The third-order valence-electron chi connectivity index (χ3n) is 3.51. The van der Waals surface area contributed by atoms with Crippen molar-refractivity contribution >= 4 is 17.3 Å². The zero-order valence-electron chi connectivity index (χ0n) is 10.7. The molecule has 2 heterocycles. The topological polar surface area (TPSA) is 52.6 Å². The molecule has 2 rings (SSSR count). The molecule has 1 atom stereocenters. The van der Waals surface area contributed by atoms with Gasteiger partial charge in [-0.05, 0) is 49.0 Å². The Morgan fingerprint density at radius 2 is 2.50 bits per heavy atom. The Morgan fingerprint density at radius 1 is 1.67 bits per heavy atom. The molecule has 0 amide bonds. The third-order valence-corrected chi connectivity index (χ3v) is 4.45. The highest BCUT2D eigenvalue weighted by Gasteiger charge is 2.20. The smallest absolute Gasteiger partial charge is 0.346 e. The van der Waals surface area contributed by atoms with Crippen LogP contribution in [0.1, 0.15) is 28.6 Å². The number of carboxylic acids is 1. The molecule has 5 heteroatoms. The monoisotopic (exact) mass is 268 g/mol. The average Bonchev–Trinajstić information content (AvgIpc) is 2.97. The molecule has 0 spiro atoms. The fourth-order valence-corrected chi connectivity index (χ4v) is 3.20. The van der Waals surface area contributed by atoms with Gasteiger partial charge in [0.25, 0.3) is 0 Å². The number of thiophene rings is 1. The van der Waals surface area contributed by atoms with Crippen LogP contribution in [0, 0.1) is 5.92 Å². The van der Waals surface area contributed by atoms with Gasteiger partial charge in [0.05, 0.1) is 0 Å². The summed E-state index contributed by atoms with van der Waals surface area (Å²) in [6.07, 6.45) is 1.25. The number of nitrogens with one attached hydrogen (secondary N) is 1. The molecular weight excluding hydrogens is 248 g/mol. The lowest BCUT2D eigenvalue weighted by molar-refractivity contribution is 0.0701. The van der Waals surface area contributed by atoms with Crippen LogP contribution in [0.2, 0.25) is 0 Å². The van der Waals surface area contributed by atoms with E-state index in [1.807, 2.05) is 11.4 Å². The van der Waals surface area contributed by atoms with Crippen molar-refractivity contribution in [1.82, 2.24) is 10.2 Å². The van der Waals surface area contributed by atoms with Gasteiger partial charge in [-0.1, -0.05) is 6.92 Å². The van der Waals surface area contributed by atoms with Gasteiger partial charge < -0.3 is 15.3 Å². The summed E-state index contributed by atoms with van der Waals surface area (Å²) >= 11 is 1.30. The molecule has 0 radical (unpaired) electrons. The van der Waals surface area contributed by atoms with Crippen LogP contribution in [0.4, 0.5) is 0 Å². The molecule has 4 nitrogen and oxygen atoms in total. The summed E-state index contributed by atoms with van der Waals surface area (Å²) in [5.41, 5.74) is 0.901. The predicted octanol–water partition coefficient (Wildman–Crippen LogP) is 1.88. The maximum absolute atomic E-state index is 11.0. The minimum absolute atomic E-state index is 0.462. The number of carboxylic acid groups (broad SMARTS) is 1. The second kappa shape index (κ2) is 6.31. The minimum Gasteiger partial charge on any atom is -0.477 e. The largest absolute Gasteiger partial charge is 0.477 e. The van der Waals surface area contributed by atoms with Crippen molar-refractivity contribution in [2.24, 2.45) is 5.92 Å². The Bertz CT molecular complexity index is 405. The lowest BCUT2D eigenvalue weighted by atomic mass is 10.1. The Hall–Kier alpha value is -0.910. The molecule has 0 aromatic carbocycles. The first-order chi connectivity index (χ1) is 8.70. The van der Waals surface area contributed by atoms with Crippen LogP contribution in [0.5, 0.6) is 0 Å². The zero-order chi connectivity index (χ0) is 13.0. The minimum atomic E-state index is -0.820. The molecule has 0 aliphatic carbocycles. The lowest BCUT2D eigenvalue weighted by Crippen LogP contribution is -2.26. The van der Waals surface area contributed by atoms with E-state index in [-0.39, 0.29) is 0 Å². The zero-order valence-corrected chi connectivity index (χ0v) is 11.5. The second-order valence-electron chi connectivity index (χ2n) is 4.76. The Labute approximate surface area is 112 Å². The van der Waals surface area contributed by atoms with Crippen molar-refractivity contribution in [1.29, 1.82) is 0 Å².